The second-order valence-corrected chi connectivity index (χ2v) is 11.0. The number of sulfonamides is 1. The van der Waals surface area contributed by atoms with Crippen LogP contribution in [0.5, 0.6) is 0 Å². The van der Waals surface area contributed by atoms with E-state index in [0.717, 1.165) is 40.8 Å². The van der Waals surface area contributed by atoms with Crippen LogP contribution >= 0.6 is 0 Å². The van der Waals surface area contributed by atoms with Crippen LogP contribution in [0.25, 0.3) is 22.2 Å². The maximum atomic E-state index is 13.0. The minimum Gasteiger partial charge on any atom is -0.323 e. The Morgan fingerprint density at radius 3 is 2.13 bits per heavy atom. The zero-order valence-electron chi connectivity index (χ0n) is 21.0. The largest absolute Gasteiger partial charge is 1.00 e. The average molecular weight is 547 g/mol. The molecule has 1 N–H and O–H groups in total. The predicted octanol–water partition coefficient (Wildman–Crippen LogP) is 2.75. The standard InChI is InChI=1S/C30H25N3O3S.K/c34-30(32-37(35,36)26-9-5-2-6-10-26)25-17-18-27-28(19-25)33(29(31-27)24-15-16-24)20-21-11-13-23(14-12-21)22-7-3-1-4-8-22;/h1-14,17-19,24H,15-16,20H2,(H,32,34);/q;+1. The molecule has 6 rings (SSSR count). The Balaban J connectivity index is 0.00000294. The summed E-state index contributed by atoms with van der Waals surface area (Å²) >= 11 is 0. The summed E-state index contributed by atoms with van der Waals surface area (Å²) in [5.41, 5.74) is 5.34. The smallest absolute Gasteiger partial charge is 0.323 e. The molecule has 4 aromatic carbocycles. The third kappa shape index (κ3) is 5.71. The van der Waals surface area contributed by atoms with Crippen molar-refractivity contribution in [3.63, 3.8) is 0 Å². The van der Waals surface area contributed by atoms with Crippen molar-refractivity contribution in [1.82, 2.24) is 14.3 Å². The molecule has 38 heavy (non-hydrogen) atoms. The number of imidazole rings is 1. The first kappa shape index (κ1) is 27.0. The van der Waals surface area contributed by atoms with Crippen molar-refractivity contribution in [3.8, 4) is 11.1 Å². The fourth-order valence-electron chi connectivity index (χ4n) is 4.56. The monoisotopic (exact) mass is 546 g/mol. The van der Waals surface area contributed by atoms with E-state index in [1.54, 1.807) is 36.4 Å². The van der Waals surface area contributed by atoms with Gasteiger partial charge in [-0.3, -0.25) is 4.79 Å². The summed E-state index contributed by atoms with van der Waals surface area (Å²) < 4.78 is 29.7. The van der Waals surface area contributed by atoms with Crippen LogP contribution in [0.1, 0.15) is 40.5 Å². The summed E-state index contributed by atoms with van der Waals surface area (Å²) in [6.07, 6.45) is 2.19. The maximum absolute atomic E-state index is 13.0. The number of nitrogens with zero attached hydrogens (tertiary/aromatic N) is 2. The Labute approximate surface area is 264 Å². The molecule has 6 nitrogen and oxygen atoms in total. The number of fused-ring (bicyclic) bond motifs is 1. The number of hydrogen-bond donors (Lipinski definition) is 1. The van der Waals surface area contributed by atoms with E-state index in [0.29, 0.717) is 12.5 Å². The molecule has 1 amide bonds. The van der Waals surface area contributed by atoms with Gasteiger partial charge in [-0.15, -0.1) is 0 Å². The quantitative estimate of drug-likeness (QED) is 0.319. The first-order valence-electron chi connectivity index (χ1n) is 12.2. The van der Waals surface area contributed by atoms with E-state index in [1.165, 1.54) is 17.7 Å². The second-order valence-electron chi connectivity index (χ2n) is 9.34. The molecule has 0 atom stereocenters. The number of nitrogens with one attached hydrogen (secondary N) is 1. The fraction of sp³-hybridized carbons (Fsp3) is 0.133. The summed E-state index contributed by atoms with van der Waals surface area (Å²) in [6.45, 7) is 0.616. The molecular formula is C30H25KN3O3S+. The molecule has 0 saturated heterocycles. The number of carbonyl (C=O) groups excluding carboxylic acids is 1. The summed E-state index contributed by atoms with van der Waals surface area (Å²) in [5, 5.41) is 0. The molecule has 1 saturated carbocycles. The van der Waals surface area contributed by atoms with Gasteiger partial charge in [0.1, 0.15) is 5.82 Å². The van der Waals surface area contributed by atoms with Gasteiger partial charge in [-0.1, -0.05) is 72.8 Å². The van der Waals surface area contributed by atoms with E-state index in [2.05, 4.69) is 45.7 Å². The Kier molecular flexibility index (Phi) is 8.00. The maximum Gasteiger partial charge on any atom is 1.00 e. The van der Waals surface area contributed by atoms with E-state index in [1.807, 2.05) is 18.2 Å². The van der Waals surface area contributed by atoms with Crippen LogP contribution in [0.3, 0.4) is 0 Å². The molecule has 0 aliphatic heterocycles. The van der Waals surface area contributed by atoms with Crippen molar-refractivity contribution in [2.45, 2.75) is 30.2 Å². The first-order chi connectivity index (χ1) is 18.0. The molecule has 1 aliphatic rings. The van der Waals surface area contributed by atoms with Gasteiger partial charge >= 0.3 is 51.4 Å². The van der Waals surface area contributed by atoms with Gasteiger partial charge in [0.15, 0.2) is 0 Å². The molecule has 1 heterocycles. The van der Waals surface area contributed by atoms with Gasteiger partial charge in [0, 0.05) is 18.0 Å². The van der Waals surface area contributed by atoms with Crippen LogP contribution in [0.4, 0.5) is 0 Å². The van der Waals surface area contributed by atoms with Gasteiger partial charge in [0.05, 0.1) is 15.9 Å². The number of benzene rings is 4. The zero-order chi connectivity index (χ0) is 25.4. The van der Waals surface area contributed by atoms with Crippen LogP contribution in [0, 0.1) is 0 Å². The van der Waals surface area contributed by atoms with Crippen molar-refractivity contribution in [2.24, 2.45) is 0 Å². The first-order valence-corrected chi connectivity index (χ1v) is 13.7. The molecule has 0 bridgehead atoms. The summed E-state index contributed by atoms with van der Waals surface area (Å²) in [6, 6.07) is 31.8. The van der Waals surface area contributed by atoms with Crippen molar-refractivity contribution >= 4 is 27.0 Å². The normalized spacial score (nSPS) is 13.2. The van der Waals surface area contributed by atoms with Gasteiger partial charge in [-0.25, -0.2) is 18.1 Å². The van der Waals surface area contributed by atoms with Crippen LogP contribution < -0.4 is 56.1 Å². The molecule has 8 heteroatoms. The topological polar surface area (TPSA) is 81.1 Å². The molecule has 0 spiro atoms. The summed E-state index contributed by atoms with van der Waals surface area (Å²) in [4.78, 5) is 17.9. The Morgan fingerprint density at radius 2 is 1.47 bits per heavy atom. The van der Waals surface area contributed by atoms with Crippen LogP contribution in [-0.2, 0) is 16.6 Å². The van der Waals surface area contributed by atoms with Crippen molar-refractivity contribution in [2.75, 3.05) is 0 Å². The van der Waals surface area contributed by atoms with E-state index in [9.17, 15) is 13.2 Å². The van der Waals surface area contributed by atoms with E-state index < -0.39 is 15.9 Å². The molecule has 1 aliphatic carbocycles. The molecule has 0 unspecified atom stereocenters. The molecule has 1 aromatic heterocycles. The molecule has 184 valence electrons. The third-order valence-corrected chi connectivity index (χ3v) is 8.01. The summed E-state index contributed by atoms with van der Waals surface area (Å²) in [7, 11) is -3.97. The van der Waals surface area contributed by atoms with Crippen molar-refractivity contribution in [1.29, 1.82) is 0 Å². The van der Waals surface area contributed by atoms with Gasteiger partial charge in [-0.05, 0) is 59.9 Å². The molecule has 1 fully saturated rings. The number of hydrogen-bond acceptors (Lipinski definition) is 4. The zero-order valence-corrected chi connectivity index (χ0v) is 25.0. The third-order valence-electron chi connectivity index (χ3n) is 6.66. The Hall–Kier alpha value is -2.59. The Bertz CT molecular complexity index is 1700. The van der Waals surface area contributed by atoms with E-state index in [4.69, 9.17) is 4.98 Å². The average Bonchev–Trinajstić information content (AvgIpc) is 3.72. The summed E-state index contributed by atoms with van der Waals surface area (Å²) in [5.74, 6) is 0.752. The number of aromatic nitrogens is 2. The Morgan fingerprint density at radius 1 is 0.842 bits per heavy atom. The van der Waals surface area contributed by atoms with Gasteiger partial charge in [0.2, 0.25) is 0 Å². The molecular weight excluding hydrogens is 522 g/mol. The SMILES string of the molecule is O=C(NS(=O)(=O)c1ccccc1)c1ccc2nc(C3CC3)n(Cc3ccc(-c4ccccc4)cc3)c2c1.[K+]. The number of carbonyl (C=O) groups is 1. The van der Waals surface area contributed by atoms with Crippen LogP contribution in [0.15, 0.2) is 108 Å². The minimum absolute atomic E-state index is 0. The number of amides is 1. The van der Waals surface area contributed by atoms with Crippen LogP contribution in [-0.4, -0.2) is 23.9 Å². The molecule has 5 aromatic rings. The van der Waals surface area contributed by atoms with Crippen molar-refractivity contribution < 1.29 is 64.6 Å². The van der Waals surface area contributed by atoms with Gasteiger partial charge in [-0.2, -0.15) is 0 Å². The second kappa shape index (κ2) is 11.3. The van der Waals surface area contributed by atoms with Gasteiger partial charge in [0.25, 0.3) is 15.9 Å². The van der Waals surface area contributed by atoms with Crippen LogP contribution in [0.2, 0.25) is 0 Å². The molecule has 0 radical (unpaired) electrons. The van der Waals surface area contributed by atoms with Gasteiger partial charge < -0.3 is 4.57 Å². The fourth-order valence-corrected chi connectivity index (χ4v) is 5.55. The van der Waals surface area contributed by atoms with E-state index >= 15 is 0 Å². The van der Waals surface area contributed by atoms with Crippen molar-refractivity contribution in [3.05, 3.63) is 120 Å². The van der Waals surface area contributed by atoms with E-state index in [-0.39, 0.29) is 61.8 Å². The predicted molar refractivity (Wildman–Crippen MR) is 144 cm³/mol. The minimum atomic E-state index is -3.97. The number of rotatable bonds is 7.